The van der Waals surface area contributed by atoms with Crippen LogP contribution >= 0.6 is 12.2 Å². The van der Waals surface area contributed by atoms with E-state index in [0.29, 0.717) is 18.2 Å². The molecule has 3 nitrogen and oxygen atoms in total. The first-order chi connectivity index (χ1) is 10.2. The maximum absolute atomic E-state index is 5.75. The second-order valence-corrected chi connectivity index (χ2v) is 4.99. The van der Waals surface area contributed by atoms with Crippen molar-refractivity contribution in [3.8, 4) is 11.5 Å². The topological polar surface area (TPSA) is 44.5 Å². The van der Waals surface area contributed by atoms with Crippen LogP contribution in [0, 0.1) is 0 Å². The first-order valence-electron chi connectivity index (χ1n) is 6.94. The fraction of sp³-hybridized carbons (Fsp3) is 0.235. The van der Waals surface area contributed by atoms with Crippen LogP contribution in [0.1, 0.15) is 18.1 Å². The molecule has 0 heterocycles. The van der Waals surface area contributed by atoms with Crippen LogP contribution in [0.5, 0.6) is 11.5 Å². The van der Waals surface area contributed by atoms with E-state index in [-0.39, 0.29) is 0 Å². The van der Waals surface area contributed by atoms with Crippen molar-refractivity contribution in [3.63, 3.8) is 0 Å². The van der Waals surface area contributed by atoms with Gasteiger partial charge in [0, 0.05) is 5.56 Å². The van der Waals surface area contributed by atoms with Crippen molar-refractivity contribution in [3.05, 3.63) is 59.7 Å². The molecule has 4 heteroatoms. The molecular formula is C17H19NO2S. The Hall–Kier alpha value is -2.07. The normalized spacial score (nSPS) is 10.1. The average Bonchev–Trinajstić information content (AvgIpc) is 2.52. The Labute approximate surface area is 130 Å². The molecule has 110 valence electrons. The zero-order chi connectivity index (χ0) is 15.1. The maximum atomic E-state index is 5.75. The number of benzene rings is 2. The standard InChI is InChI=1S/C17H19NO2S/c1-2-13-5-3-4-6-16(13)20-12-11-19-15-9-7-14(8-10-15)17(18)21/h3-10H,2,11-12H2,1H3,(H2,18,21). The SMILES string of the molecule is CCc1ccccc1OCCOc1ccc(C(N)=S)cc1. The molecular weight excluding hydrogens is 282 g/mol. The van der Waals surface area contributed by atoms with E-state index in [9.17, 15) is 0 Å². The van der Waals surface area contributed by atoms with Gasteiger partial charge in [-0.3, -0.25) is 0 Å². The van der Waals surface area contributed by atoms with Gasteiger partial charge in [-0.25, -0.2) is 0 Å². The number of thiocarbonyl (C=S) groups is 1. The summed E-state index contributed by atoms with van der Waals surface area (Å²) in [6, 6.07) is 15.5. The number of ether oxygens (including phenoxy) is 2. The van der Waals surface area contributed by atoms with Gasteiger partial charge in [-0.15, -0.1) is 0 Å². The number of nitrogens with two attached hydrogens (primary N) is 1. The van der Waals surface area contributed by atoms with Gasteiger partial charge in [0.25, 0.3) is 0 Å². The molecule has 0 bridgehead atoms. The molecule has 2 aromatic rings. The lowest BCUT2D eigenvalue weighted by molar-refractivity contribution is 0.216. The smallest absolute Gasteiger partial charge is 0.122 e. The van der Waals surface area contributed by atoms with Gasteiger partial charge in [0.1, 0.15) is 29.7 Å². The highest BCUT2D eigenvalue weighted by Gasteiger charge is 2.01. The number of para-hydroxylation sites is 1. The third kappa shape index (κ3) is 4.46. The lowest BCUT2D eigenvalue weighted by Gasteiger charge is -2.11. The molecule has 2 rings (SSSR count). The fourth-order valence-electron chi connectivity index (χ4n) is 1.96. The van der Waals surface area contributed by atoms with Gasteiger partial charge in [0.05, 0.1) is 0 Å². The van der Waals surface area contributed by atoms with Gasteiger partial charge in [0.15, 0.2) is 0 Å². The molecule has 0 fully saturated rings. The van der Waals surface area contributed by atoms with Crippen LogP contribution in [0.15, 0.2) is 48.5 Å². The molecule has 2 N–H and O–H groups in total. The highest BCUT2D eigenvalue weighted by molar-refractivity contribution is 7.80. The minimum absolute atomic E-state index is 0.390. The summed E-state index contributed by atoms with van der Waals surface area (Å²) in [5.41, 5.74) is 7.59. The summed E-state index contributed by atoms with van der Waals surface area (Å²) in [5.74, 6) is 1.70. The Kier molecular flexibility index (Phi) is 5.58. The summed E-state index contributed by atoms with van der Waals surface area (Å²) in [6.07, 6.45) is 0.956. The minimum atomic E-state index is 0.390. The van der Waals surface area contributed by atoms with Crippen LogP contribution in [0.2, 0.25) is 0 Å². The van der Waals surface area contributed by atoms with Gasteiger partial charge in [-0.1, -0.05) is 37.3 Å². The first kappa shape index (κ1) is 15.3. The predicted molar refractivity (Wildman–Crippen MR) is 89.1 cm³/mol. The molecule has 0 spiro atoms. The molecule has 0 unspecified atom stereocenters. The molecule has 0 aromatic heterocycles. The zero-order valence-corrected chi connectivity index (χ0v) is 12.9. The van der Waals surface area contributed by atoms with Crippen LogP contribution in [0.3, 0.4) is 0 Å². The molecule has 0 atom stereocenters. The summed E-state index contributed by atoms with van der Waals surface area (Å²) >= 11 is 4.91. The quantitative estimate of drug-likeness (QED) is 0.629. The third-order valence-corrected chi connectivity index (χ3v) is 3.34. The van der Waals surface area contributed by atoms with Crippen molar-refractivity contribution < 1.29 is 9.47 Å². The van der Waals surface area contributed by atoms with Crippen molar-refractivity contribution in [1.82, 2.24) is 0 Å². The van der Waals surface area contributed by atoms with Crippen molar-refractivity contribution >= 4 is 17.2 Å². The minimum Gasteiger partial charge on any atom is -0.490 e. The molecule has 0 amide bonds. The predicted octanol–water partition coefficient (Wildman–Crippen LogP) is 3.34. The molecule has 0 aliphatic heterocycles. The van der Waals surface area contributed by atoms with E-state index in [1.165, 1.54) is 5.56 Å². The monoisotopic (exact) mass is 301 g/mol. The summed E-state index contributed by atoms with van der Waals surface area (Å²) in [5, 5.41) is 0. The summed E-state index contributed by atoms with van der Waals surface area (Å²) in [6.45, 7) is 3.11. The molecule has 0 aliphatic rings. The van der Waals surface area contributed by atoms with E-state index in [0.717, 1.165) is 23.5 Å². The van der Waals surface area contributed by atoms with E-state index in [4.69, 9.17) is 27.4 Å². The highest BCUT2D eigenvalue weighted by Crippen LogP contribution is 2.18. The van der Waals surface area contributed by atoms with Crippen molar-refractivity contribution in [2.24, 2.45) is 5.73 Å². The first-order valence-corrected chi connectivity index (χ1v) is 7.35. The second kappa shape index (κ2) is 7.64. The lowest BCUT2D eigenvalue weighted by Crippen LogP contribution is -2.11. The van der Waals surface area contributed by atoms with Gasteiger partial charge < -0.3 is 15.2 Å². The summed E-state index contributed by atoms with van der Waals surface area (Å²) < 4.78 is 11.4. The third-order valence-electron chi connectivity index (χ3n) is 3.10. The Morgan fingerprint density at radius 3 is 2.33 bits per heavy atom. The van der Waals surface area contributed by atoms with Crippen LogP contribution in [0.4, 0.5) is 0 Å². The number of hydrogen-bond acceptors (Lipinski definition) is 3. The summed E-state index contributed by atoms with van der Waals surface area (Å²) in [4.78, 5) is 0.390. The van der Waals surface area contributed by atoms with Gasteiger partial charge in [-0.05, 0) is 42.3 Å². The van der Waals surface area contributed by atoms with Crippen LogP contribution in [0.25, 0.3) is 0 Å². The molecule has 21 heavy (non-hydrogen) atoms. The Morgan fingerprint density at radius 2 is 1.67 bits per heavy atom. The molecule has 0 saturated carbocycles. The van der Waals surface area contributed by atoms with Crippen molar-refractivity contribution in [2.75, 3.05) is 13.2 Å². The number of hydrogen-bond donors (Lipinski definition) is 1. The molecule has 0 aliphatic carbocycles. The largest absolute Gasteiger partial charge is 0.490 e. The Bertz CT molecular complexity index is 596. The fourth-order valence-corrected chi connectivity index (χ4v) is 2.10. The highest BCUT2D eigenvalue weighted by atomic mass is 32.1. The molecule has 0 radical (unpaired) electrons. The van der Waals surface area contributed by atoms with Crippen LogP contribution in [-0.4, -0.2) is 18.2 Å². The molecule has 2 aromatic carbocycles. The second-order valence-electron chi connectivity index (χ2n) is 4.55. The molecule has 0 saturated heterocycles. The van der Waals surface area contributed by atoms with Crippen LogP contribution < -0.4 is 15.2 Å². The Morgan fingerprint density at radius 1 is 1.00 bits per heavy atom. The van der Waals surface area contributed by atoms with Gasteiger partial charge in [-0.2, -0.15) is 0 Å². The van der Waals surface area contributed by atoms with E-state index >= 15 is 0 Å². The van der Waals surface area contributed by atoms with E-state index < -0.39 is 0 Å². The lowest BCUT2D eigenvalue weighted by atomic mass is 10.1. The van der Waals surface area contributed by atoms with Crippen molar-refractivity contribution in [1.29, 1.82) is 0 Å². The van der Waals surface area contributed by atoms with Crippen LogP contribution in [-0.2, 0) is 6.42 Å². The van der Waals surface area contributed by atoms with E-state index in [2.05, 4.69) is 13.0 Å². The zero-order valence-electron chi connectivity index (χ0n) is 12.0. The van der Waals surface area contributed by atoms with E-state index in [1.807, 2.05) is 42.5 Å². The average molecular weight is 301 g/mol. The number of aryl methyl sites for hydroxylation is 1. The van der Waals surface area contributed by atoms with Crippen molar-refractivity contribution in [2.45, 2.75) is 13.3 Å². The summed E-state index contributed by atoms with van der Waals surface area (Å²) in [7, 11) is 0. The van der Waals surface area contributed by atoms with Gasteiger partial charge in [0.2, 0.25) is 0 Å². The number of rotatable bonds is 7. The Balaban J connectivity index is 1.80. The van der Waals surface area contributed by atoms with E-state index in [1.54, 1.807) is 0 Å². The van der Waals surface area contributed by atoms with Gasteiger partial charge >= 0.3 is 0 Å². The maximum Gasteiger partial charge on any atom is 0.122 e.